The van der Waals surface area contributed by atoms with Crippen molar-refractivity contribution < 1.29 is 4.79 Å². The summed E-state index contributed by atoms with van der Waals surface area (Å²) in [6.07, 6.45) is 4.44. The molecule has 5 heteroatoms. The van der Waals surface area contributed by atoms with Crippen LogP contribution in [0.2, 0.25) is 0 Å². The summed E-state index contributed by atoms with van der Waals surface area (Å²) in [4.78, 5) is 21.4. The maximum absolute atomic E-state index is 13.1. The average molecular weight is 346 g/mol. The number of piperidine rings is 1. The Morgan fingerprint density at radius 1 is 1.15 bits per heavy atom. The number of nitrogens with zero attached hydrogens (tertiary/aromatic N) is 4. The molecule has 4 rings (SSSR count). The molecule has 5 nitrogen and oxygen atoms in total. The molecule has 0 spiro atoms. The summed E-state index contributed by atoms with van der Waals surface area (Å²) in [5.41, 5.74) is 3.90. The normalized spacial score (nSPS) is 19.6. The Bertz CT molecular complexity index is 857. The Balaban J connectivity index is 1.48. The van der Waals surface area contributed by atoms with Gasteiger partial charge in [0.15, 0.2) is 5.69 Å². The number of aromatic nitrogens is 1. The van der Waals surface area contributed by atoms with Crippen molar-refractivity contribution in [3.8, 4) is 6.07 Å². The maximum atomic E-state index is 13.1. The number of pyridine rings is 1. The molecule has 0 saturated carbocycles. The van der Waals surface area contributed by atoms with Crippen LogP contribution in [0.25, 0.3) is 0 Å². The molecule has 26 heavy (non-hydrogen) atoms. The highest BCUT2D eigenvalue weighted by Crippen LogP contribution is 2.28. The van der Waals surface area contributed by atoms with E-state index < -0.39 is 0 Å². The minimum atomic E-state index is -0.0132. The van der Waals surface area contributed by atoms with Crippen molar-refractivity contribution in [2.24, 2.45) is 5.92 Å². The van der Waals surface area contributed by atoms with Crippen molar-refractivity contribution in [1.82, 2.24) is 9.88 Å². The van der Waals surface area contributed by atoms with Crippen LogP contribution in [0.15, 0.2) is 42.6 Å². The third-order valence-corrected chi connectivity index (χ3v) is 5.45. The maximum Gasteiger partial charge on any atom is 0.227 e. The van der Waals surface area contributed by atoms with Gasteiger partial charge in [-0.25, -0.2) is 4.98 Å². The minimum absolute atomic E-state index is 0.0132. The number of hydrogen-bond donors (Lipinski definition) is 0. The van der Waals surface area contributed by atoms with E-state index in [0.717, 1.165) is 38.0 Å². The zero-order valence-corrected chi connectivity index (χ0v) is 14.8. The van der Waals surface area contributed by atoms with Crippen LogP contribution in [-0.2, 0) is 17.8 Å². The lowest BCUT2D eigenvalue weighted by molar-refractivity contribution is -0.136. The fraction of sp³-hybridized carbons (Fsp3) is 0.381. The molecule has 1 aromatic heterocycles. The number of anilines is 1. The van der Waals surface area contributed by atoms with Gasteiger partial charge in [-0.05, 0) is 42.5 Å². The highest BCUT2D eigenvalue weighted by molar-refractivity contribution is 5.80. The highest BCUT2D eigenvalue weighted by Gasteiger charge is 2.31. The lowest BCUT2D eigenvalue weighted by Crippen LogP contribution is -2.46. The number of fused-ring (bicyclic) bond motifs is 1. The zero-order chi connectivity index (χ0) is 17.9. The number of carbonyl (C=O) groups is 1. The van der Waals surface area contributed by atoms with Crippen LogP contribution in [-0.4, -0.2) is 35.4 Å². The van der Waals surface area contributed by atoms with E-state index in [0.29, 0.717) is 18.8 Å². The van der Waals surface area contributed by atoms with Gasteiger partial charge < -0.3 is 9.80 Å². The van der Waals surface area contributed by atoms with Gasteiger partial charge in [0, 0.05) is 32.4 Å². The molecule has 2 aliphatic heterocycles. The summed E-state index contributed by atoms with van der Waals surface area (Å²) < 4.78 is 0. The first-order chi connectivity index (χ1) is 12.8. The Morgan fingerprint density at radius 3 is 2.85 bits per heavy atom. The van der Waals surface area contributed by atoms with Gasteiger partial charge in [-0.15, -0.1) is 0 Å². The van der Waals surface area contributed by atoms with Crippen molar-refractivity contribution >= 4 is 11.6 Å². The number of amides is 1. The van der Waals surface area contributed by atoms with E-state index >= 15 is 0 Å². The number of hydrogen-bond acceptors (Lipinski definition) is 4. The van der Waals surface area contributed by atoms with Gasteiger partial charge in [0.2, 0.25) is 5.91 Å². The van der Waals surface area contributed by atoms with Crippen molar-refractivity contribution in [3.63, 3.8) is 0 Å². The van der Waals surface area contributed by atoms with Gasteiger partial charge in [0.1, 0.15) is 6.07 Å². The van der Waals surface area contributed by atoms with Crippen molar-refractivity contribution in [2.75, 3.05) is 24.5 Å². The summed E-state index contributed by atoms with van der Waals surface area (Å²) in [7, 11) is 0. The van der Waals surface area contributed by atoms with E-state index in [4.69, 9.17) is 0 Å². The highest BCUT2D eigenvalue weighted by atomic mass is 16.2. The first-order valence-corrected chi connectivity index (χ1v) is 9.22. The Kier molecular flexibility index (Phi) is 4.57. The molecule has 0 aliphatic carbocycles. The lowest BCUT2D eigenvalue weighted by atomic mass is 9.93. The van der Waals surface area contributed by atoms with Crippen molar-refractivity contribution in [1.29, 1.82) is 5.26 Å². The largest absolute Gasteiger partial charge is 0.368 e. The quantitative estimate of drug-likeness (QED) is 0.839. The third-order valence-electron chi connectivity index (χ3n) is 5.45. The average Bonchev–Trinajstić information content (AvgIpc) is 2.73. The molecule has 1 amide bonds. The molecule has 0 N–H and O–H groups in total. The summed E-state index contributed by atoms with van der Waals surface area (Å²) in [6, 6.07) is 14.3. The number of carbonyl (C=O) groups excluding carboxylic acids is 1. The van der Waals surface area contributed by atoms with Gasteiger partial charge in [0.25, 0.3) is 0 Å². The van der Waals surface area contributed by atoms with E-state index in [-0.39, 0.29) is 11.8 Å². The fourth-order valence-corrected chi connectivity index (χ4v) is 4.08. The second kappa shape index (κ2) is 7.17. The smallest absolute Gasteiger partial charge is 0.227 e. The van der Waals surface area contributed by atoms with Gasteiger partial charge >= 0.3 is 0 Å². The molecule has 1 atom stereocenters. The van der Waals surface area contributed by atoms with Gasteiger partial charge in [0.05, 0.1) is 11.6 Å². The predicted molar refractivity (Wildman–Crippen MR) is 99.5 cm³/mol. The Morgan fingerprint density at radius 2 is 2.00 bits per heavy atom. The molecule has 0 bridgehead atoms. The van der Waals surface area contributed by atoms with Crippen LogP contribution >= 0.6 is 0 Å². The molecule has 1 saturated heterocycles. The number of benzene rings is 1. The second-order valence-corrected chi connectivity index (χ2v) is 7.05. The lowest BCUT2D eigenvalue weighted by Gasteiger charge is -2.37. The first kappa shape index (κ1) is 16.6. The second-order valence-electron chi connectivity index (χ2n) is 7.05. The van der Waals surface area contributed by atoms with Crippen molar-refractivity contribution in [2.45, 2.75) is 25.8 Å². The van der Waals surface area contributed by atoms with Crippen LogP contribution in [0.3, 0.4) is 0 Å². The zero-order valence-electron chi connectivity index (χ0n) is 14.8. The first-order valence-electron chi connectivity index (χ1n) is 9.22. The standard InChI is InChI=1S/C21H22N4O/c22-13-19-20(8-3-10-23-19)24-11-4-7-18(15-24)21(26)25-12-9-16-5-1-2-6-17(16)14-25/h1-3,5-6,8,10,18H,4,7,9,11-12,14-15H2. The summed E-state index contributed by atoms with van der Waals surface area (Å²) in [6.45, 7) is 3.04. The molecular formula is C21H22N4O. The Labute approximate surface area is 153 Å². The fourth-order valence-electron chi connectivity index (χ4n) is 4.08. The van der Waals surface area contributed by atoms with E-state index in [1.54, 1.807) is 6.20 Å². The monoisotopic (exact) mass is 346 g/mol. The van der Waals surface area contributed by atoms with Crippen LogP contribution < -0.4 is 4.90 Å². The molecule has 2 aliphatic rings. The summed E-state index contributed by atoms with van der Waals surface area (Å²) in [5, 5.41) is 9.31. The molecule has 132 valence electrons. The SMILES string of the molecule is N#Cc1ncccc1N1CCCC(C(=O)N2CCc3ccccc3C2)C1. The molecule has 0 radical (unpaired) electrons. The van der Waals surface area contributed by atoms with E-state index in [1.165, 1.54) is 11.1 Å². The molecule has 1 aromatic carbocycles. The van der Waals surface area contributed by atoms with Crippen LogP contribution in [0, 0.1) is 17.2 Å². The van der Waals surface area contributed by atoms with E-state index in [2.05, 4.69) is 34.2 Å². The Hall–Kier alpha value is -2.87. The van der Waals surface area contributed by atoms with Crippen LogP contribution in [0.1, 0.15) is 29.7 Å². The van der Waals surface area contributed by atoms with Gasteiger partial charge in [-0.3, -0.25) is 4.79 Å². The molecular weight excluding hydrogens is 324 g/mol. The minimum Gasteiger partial charge on any atom is -0.368 e. The number of rotatable bonds is 2. The third kappa shape index (κ3) is 3.15. The number of nitriles is 1. The molecule has 2 aromatic rings. The molecule has 1 fully saturated rings. The molecule has 1 unspecified atom stereocenters. The predicted octanol–water partition coefficient (Wildman–Crippen LogP) is 2.75. The van der Waals surface area contributed by atoms with E-state index in [9.17, 15) is 10.1 Å². The van der Waals surface area contributed by atoms with E-state index in [1.807, 2.05) is 23.1 Å². The molecule has 3 heterocycles. The van der Waals surface area contributed by atoms with Crippen LogP contribution in [0.5, 0.6) is 0 Å². The summed E-state index contributed by atoms with van der Waals surface area (Å²) in [5.74, 6) is 0.229. The van der Waals surface area contributed by atoms with Gasteiger partial charge in [-0.2, -0.15) is 5.26 Å². The summed E-state index contributed by atoms with van der Waals surface area (Å²) >= 11 is 0. The van der Waals surface area contributed by atoms with Crippen molar-refractivity contribution in [3.05, 3.63) is 59.4 Å². The van der Waals surface area contributed by atoms with Crippen LogP contribution in [0.4, 0.5) is 5.69 Å². The topological polar surface area (TPSA) is 60.2 Å². The van der Waals surface area contributed by atoms with Gasteiger partial charge in [-0.1, -0.05) is 24.3 Å².